The van der Waals surface area contributed by atoms with E-state index < -0.39 is 6.09 Å². The minimum atomic E-state index is -0.994. The Morgan fingerprint density at radius 2 is 2.58 bits per heavy atom. The van der Waals surface area contributed by atoms with E-state index in [1.165, 1.54) is 0 Å². The lowest BCUT2D eigenvalue weighted by atomic mass is 10.5. The molecule has 0 unspecified atom stereocenters. The predicted octanol–water partition coefficient (Wildman–Crippen LogP) is 0.459. The van der Waals surface area contributed by atoms with Gasteiger partial charge >= 0.3 is 6.09 Å². The maximum absolute atomic E-state index is 10.1. The van der Waals surface area contributed by atoms with Crippen LogP contribution in [-0.4, -0.2) is 27.3 Å². The summed E-state index contributed by atoms with van der Waals surface area (Å²) in [5, 5.41) is 10.5. The van der Waals surface area contributed by atoms with Gasteiger partial charge in [-0.2, -0.15) is 0 Å². The molecule has 1 rings (SSSR count). The molecule has 5 heteroatoms. The summed E-state index contributed by atoms with van der Waals surface area (Å²) in [7, 11) is 0. The molecule has 1 aromatic heterocycles. The number of carbonyl (C=O) groups is 1. The molecule has 0 aromatic carbocycles. The SMILES string of the molecule is Cc1cn(CCNC(=O)O)cn1. The number of nitrogens with one attached hydrogen (secondary N) is 1. The van der Waals surface area contributed by atoms with Crippen molar-refractivity contribution < 1.29 is 9.90 Å². The summed E-state index contributed by atoms with van der Waals surface area (Å²) >= 11 is 0. The zero-order valence-electron chi connectivity index (χ0n) is 6.82. The van der Waals surface area contributed by atoms with E-state index >= 15 is 0 Å². The molecular weight excluding hydrogens is 158 g/mol. The Bertz CT molecular complexity index is 269. The van der Waals surface area contributed by atoms with E-state index in [0.717, 1.165) is 5.69 Å². The van der Waals surface area contributed by atoms with Crippen molar-refractivity contribution in [1.29, 1.82) is 0 Å². The third-order valence-electron chi connectivity index (χ3n) is 1.41. The van der Waals surface area contributed by atoms with Gasteiger partial charge in [0, 0.05) is 19.3 Å². The minimum absolute atomic E-state index is 0.408. The summed E-state index contributed by atoms with van der Waals surface area (Å²) in [6.45, 7) is 2.92. The molecule has 66 valence electrons. The summed E-state index contributed by atoms with van der Waals surface area (Å²) < 4.78 is 1.84. The van der Waals surface area contributed by atoms with Crippen LogP contribution in [0.3, 0.4) is 0 Å². The Morgan fingerprint density at radius 3 is 3.08 bits per heavy atom. The molecule has 12 heavy (non-hydrogen) atoms. The van der Waals surface area contributed by atoms with Crippen LogP contribution in [0.1, 0.15) is 5.69 Å². The Labute approximate surface area is 70.0 Å². The van der Waals surface area contributed by atoms with Crippen molar-refractivity contribution in [2.24, 2.45) is 0 Å². The van der Waals surface area contributed by atoms with E-state index in [0.29, 0.717) is 13.1 Å². The number of rotatable bonds is 3. The highest BCUT2D eigenvalue weighted by Crippen LogP contribution is 1.91. The fourth-order valence-corrected chi connectivity index (χ4v) is 0.886. The maximum Gasteiger partial charge on any atom is 0.404 e. The summed E-state index contributed by atoms with van der Waals surface area (Å²) in [5.74, 6) is 0. The van der Waals surface area contributed by atoms with Gasteiger partial charge in [-0.25, -0.2) is 9.78 Å². The monoisotopic (exact) mass is 169 g/mol. The van der Waals surface area contributed by atoms with Crippen molar-refractivity contribution in [2.75, 3.05) is 6.54 Å². The largest absolute Gasteiger partial charge is 0.465 e. The van der Waals surface area contributed by atoms with Gasteiger partial charge < -0.3 is 15.0 Å². The van der Waals surface area contributed by atoms with Crippen molar-refractivity contribution in [3.05, 3.63) is 18.2 Å². The molecule has 0 bridgehead atoms. The lowest BCUT2D eigenvalue weighted by Crippen LogP contribution is -2.24. The van der Waals surface area contributed by atoms with Gasteiger partial charge in [0.1, 0.15) is 0 Å². The number of nitrogens with zero attached hydrogens (tertiary/aromatic N) is 2. The van der Waals surface area contributed by atoms with E-state index in [4.69, 9.17) is 5.11 Å². The molecule has 0 radical (unpaired) electrons. The summed E-state index contributed by atoms with van der Waals surface area (Å²) in [6, 6.07) is 0. The van der Waals surface area contributed by atoms with Gasteiger partial charge in [0.2, 0.25) is 0 Å². The average Bonchev–Trinajstić information content (AvgIpc) is 2.35. The highest BCUT2D eigenvalue weighted by Gasteiger charge is 1.95. The third kappa shape index (κ3) is 2.61. The second-order valence-electron chi connectivity index (χ2n) is 2.48. The number of hydrogen-bond donors (Lipinski definition) is 2. The first-order chi connectivity index (χ1) is 5.68. The highest BCUT2D eigenvalue weighted by molar-refractivity contribution is 5.64. The van der Waals surface area contributed by atoms with Gasteiger partial charge in [-0.15, -0.1) is 0 Å². The molecular formula is C7H11N3O2. The first kappa shape index (κ1) is 8.58. The zero-order chi connectivity index (χ0) is 8.97. The van der Waals surface area contributed by atoms with Crippen LogP contribution in [0.4, 0.5) is 4.79 Å². The number of carboxylic acid groups (broad SMARTS) is 1. The van der Waals surface area contributed by atoms with Crippen LogP contribution < -0.4 is 5.32 Å². The van der Waals surface area contributed by atoms with E-state index in [-0.39, 0.29) is 0 Å². The number of imidazole rings is 1. The summed E-state index contributed by atoms with van der Waals surface area (Å²) in [5.41, 5.74) is 0.935. The molecule has 0 aliphatic heterocycles. The molecule has 2 N–H and O–H groups in total. The van der Waals surface area contributed by atoms with Crippen LogP contribution in [0, 0.1) is 6.92 Å². The number of aromatic nitrogens is 2. The van der Waals surface area contributed by atoms with Gasteiger partial charge in [0.05, 0.1) is 12.0 Å². The molecule has 5 nitrogen and oxygen atoms in total. The van der Waals surface area contributed by atoms with E-state index in [9.17, 15) is 4.79 Å². The molecule has 0 saturated carbocycles. The Kier molecular flexibility index (Phi) is 2.68. The van der Waals surface area contributed by atoms with Crippen molar-refractivity contribution >= 4 is 6.09 Å². The molecule has 0 fully saturated rings. The zero-order valence-corrected chi connectivity index (χ0v) is 6.82. The normalized spacial score (nSPS) is 9.75. The smallest absolute Gasteiger partial charge is 0.404 e. The molecule has 0 aliphatic rings. The first-order valence-electron chi connectivity index (χ1n) is 3.63. The van der Waals surface area contributed by atoms with Crippen LogP contribution in [0.5, 0.6) is 0 Å². The molecule has 1 amide bonds. The lowest BCUT2D eigenvalue weighted by Gasteiger charge is -2.00. The minimum Gasteiger partial charge on any atom is -0.465 e. The Hall–Kier alpha value is -1.52. The van der Waals surface area contributed by atoms with Crippen molar-refractivity contribution in [1.82, 2.24) is 14.9 Å². The summed E-state index contributed by atoms with van der Waals surface area (Å²) in [4.78, 5) is 14.1. The quantitative estimate of drug-likeness (QED) is 0.690. The van der Waals surface area contributed by atoms with Gasteiger partial charge in [0.15, 0.2) is 0 Å². The first-order valence-corrected chi connectivity index (χ1v) is 3.63. The molecule has 0 aliphatic carbocycles. The highest BCUT2D eigenvalue weighted by atomic mass is 16.4. The molecule has 1 aromatic rings. The van der Waals surface area contributed by atoms with Crippen LogP contribution in [0.2, 0.25) is 0 Å². The average molecular weight is 169 g/mol. The van der Waals surface area contributed by atoms with Crippen molar-refractivity contribution in [2.45, 2.75) is 13.5 Å². The van der Waals surface area contributed by atoms with Crippen LogP contribution in [0.15, 0.2) is 12.5 Å². The van der Waals surface area contributed by atoms with E-state index in [1.54, 1.807) is 6.33 Å². The molecule has 1 heterocycles. The Morgan fingerprint density at radius 1 is 1.83 bits per heavy atom. The maximum atomic E-state index is 10.1. The van der Waals surface area contributed by atoms with Crippen LogP contribution in [-0.2, 0) is 6.54 Å². The fourth-order valence-electron chi connectivity index (χ4n) is 0.886. The number of amides is 1. The van der Waals surface area contributed by atoms with Crippen molar-refractivity contribution in [3.8, 4) is 0 Å². The van der Waals surface area contributed by atoms with Crippen LogP contribution in [0.25, 0.3) is 0 Å². The number of hydrogen-bond acceptors (Lipinski definition) is 2. The number of aryl methyl sites for hydroxylation is 1. The van der Waals surface area contributed by atoms with Gasteiger partial charge in [0.25, 0.3) is 0 Å². The molecule has 0 atom stereocenters. The predicted molar refractivity (Wildman–Crippen MR) is 43.0 cm³/mol. The second-order valence-corrected chi connectivity index (χ2v) is 2.48. The second kappa shape index (κ2) is 3.75. The van der Waals surface area contributed by atoms with Crippen LogP contribution >= 0.6 is 0 Å². The molecule has 0 spiro atoms. The topological polar surface area (TPSA) is 67.2 Å². The van der Waals surface area contributed by atoms with Crippen molar-refractivity contribution in [3.63, 3.8) is 0 Å². The summed E-state index contributed by atoms with van der Waals surface area (Å²) in [6.07, 6.45) is 2.55. The van der Waals surface area contributed by atoms with Gasteiger partial charge in [-0.1, -0.05) is 0 Å². The van der Waals surface area contributed by atoms with E-state index in [2.05, 4.69) is 10.3 Å². The Balaban J connectivity index is 2.29. The fraction of sp³-hybridized carbons (Fsp3) is 0.429. The van der Waals surface area contributed by atoms with E-state index in [1.807, 2.05) is 17.7 Å². The van der Waals surface area contributed by atoms with Gasteiger partial charge in [-0.3, -0.25) is 0 Å². The molecule has 0 saturated heterocycles. The lowest BCUT2D eigenvalue weighted by molar-refractivity contribution is 0.194. The standard InChI is InChI=1S/C7H11N3O2/c1-6-4-10(5-9-6)3-2-8-7(11)12/h4-5,8H,2-3H2,1H3,(H,11,12). The van der Waals surface area contributed by atoms with Gasteiger partial charge in [-0.05, 0) is 6.92 Å². The third-order valence-corrected chi connectivity index (χ3v) is 1.41.